The van der Waals surface area contributed by atoms with Crippen LogP contribution in [0.4, 0.5) is 5.82 Å². The number of ether oxygens (including phenoxy) is 1. The monoisotopic (exact) mass is 386 g/mol. The zero-order valence-corrected chi connectivity index (χ0v) is 15.6. The summed E-state index contributed by atoms with van der Waals surface area (Å²) < 4.78 is 6.99. The summed E-state index contributed by atoms with van der Waals surface area (Å²) in [6.45, 7) is 1.73. The average Bonchev–Trinajstić information content (AvgIpc) is 3.30. The van der Waals surface area contributed by atoms with Gasteiger partial charge in [-0.25, -0.2) is 4.68 Å². The van der Waals surface area contributed by atoms with Crippen LogP contribution in [0, 0.1) is 6.92 Å². The molecule has 140 valence electrons. The third-order valence-electron chi connectivity index (χ3n) is 4.21. The summed E-state index contributed by atoms with van der Waals surface area (Å²) in [4.78, 5) is 25.8. The van der Waals surface area contributed by atoms with Crippen molar-refractivity contribution in [1.82, 2.24) is 14.8 Å². The van der Waals surface area contributed by atoms with E-state index in [0.29, 0.717) is 6.42 Å². The van der Waals surface area contributed by atoms with E-state index in [1.807, 2.05) is 37.4 Å². The molecule has 27 heavy (non-hydrogen) atoms. The first-order chi connectivity index (χ1) is 13.1. The van der Waals surface area contributed by atoms with Crippen molar-refractivity contribution in [2.24, 2.45) is 0 Å². The zero-order chi connectivity index (χ0) is 19.4. The number of fused-ring (bicyclic) bond motifs is 1. The summed E-state index contributed by atoms with van der Waals surface area (Å²) in [5, 5.41) is 14.5. The number of thiazole rings is 1. The van der Waals surface area contributed by atoms with Crippen LogP contribution in [0.2, 0.25) is 0 Å². The number of carboxylic acid groups (broad SMARTS) is 1. The molecule has 0 saturated carbocycles. The standard InChI is InChI=1S/C17H16N4O2S.CH2O2/c1-10-16-13(14-8-18-9-24-14)7-15(22)19-17(16)21(20-10)11-3-5-12(23-2)6-4-11;2-1-3/h3-6,8-9,13H,7H2,1-2H3,(H,19,22);1H,(H,2,3). The van der Waals surface area contributed by atoms with Crippen molar-refractivity contribution < 1.29 is 19.4 Å². The summed E-state index contributed by atoms with van der Waals surface area (Å²) in [6, 6.07) is 7.61. The Hall–Kier alpha value is -3.20. The Morgan fingerprint density at radius 3 is 2.67 bits per heavy atom. The van der Waals surface area contributed by atoms with E-state index < -0.39 is 0 Å². The Bertz CT molecular complexity index is 935. The van der Waals surface area contributed by atoms with Gasteiger partial charge >= 0.3 is 0 Å². The van der Waals surface area contributed by atoms with Crippen molar-refractivity contribution in [3.05, 3.63) is 52.1 Å². The van der Waals surface area contributed by atoms with E-state index in [1.165, 1.54) is 0 Å². The van der Waals surface area contributed by atoms with Crippen LogP contribution in [0.15, 0.2) is 36.0 Å². The second kappa shape index (κ2) is 8.00. The molecule has 8 nitrogen and oxygen atoms in total. The molecule has 0 radical (unpaired) electrons. The summed E-state index contributed by atoms with van der Waals surface area (Å²) in [5.74, 6) is 1.53. The second-order valence-electron chi connectivity index (χ2n) is 5.77. The topological polar surface area (TPSA) is 106 Å². The maximum absolute atomic E-state index is 12.2. The molecule has 0 spiro atoms. The molecule has 0 fully saturated rings. The highest BCUT2D eigenvalue weighted by atomic mass is 32.1. The van der Waals surface area contributed by atoms with Gasteiger partial charge in [-0.3, -0.25) is 14.6 Å². The minimum absolute atomic E-state index is 0.00411. The zero-order valence-electron chi connectivity index (χ0n) is 14.7. The molecule has 0 bridgehead atoms. The third-order valence-corrected chi connectivity index (χ3v) is 5.10. The third kappa shape index (κ3) is 3.68. The Labute approximate surface area is 159 Å². The number of carbonyl (C=O) groups excluding carboxylic acids is 1. The van der Waals surface area contributed by atoms with Crippen molar-refractivity contribution >= 4 is 29.5 Å². The number of anilines is 1. The molecular weight excluding hydrogens is 368 g/mol. The van der Waals surface area contributed by atoms with Crippen LogP contribution in [0.1, 0.15) is 28.5 Å². The molecule has 3 heterocycles. The first kappa shape index (κ1) is 18.6. The molecule has 1 unspecified atom stereocenters. The van der Waals surface area contributed by atoms with Crippen molar-refractivity contribution in [1.29, 1.82) is 0 Å². The minimum atomic E-state index is -0.250. The van der Waals surface area contributed by atoms with E-state index in [-0.39, 0.29) is 18.3 Å². The van der Waals surface area contributed by atoms with Gasteiger partial charge in [-0.2, -0.15) is 5.10 Å². The molecule has 1 aliphatic rings. The maximum Gasteiger partial charge on any atom is 0.290 e. The van der Waals surface area contributed by atoms with Crippen molar-refractivity contribution in [2.45, 2.75) is 19.3 Å². The van der Waals surface area contributed by atoms with Crippen molar-refractivity contribution in [3.8, 4) is 11.4 Å². The van der Waals surface area contributed by atoms with Gasteiger partial charge in [0, 0.05) is 29.0 Å². The lowest BCUT2D eigenvalue weighted by Gasteiger charge is -2.23. The lowest BCUT2D eigenvalue weighted by molar-refractivity contribution is -0.123. The summed E-state index contributed by atoms with van der Waals surface area (Å²) >= 11 is 1.57. The summed E-state index contributed by atoms with van der Waals surface area (Å²) in [6.07, 6.45) is 2.26. The molecule has 1 atom stereocenters. The van der Waals surface area contributed by atoms with E-state index in [1.54, 1.807) is 28.6 Å². The first-order valence-electron chi connectivity index (χ1n) is 8.09. The second-order valence-corrected chi connectivity index (χ2v) is 6.69. The van der Waals surface area contributed by atoms with E-state index in [0.717, 1.165) is 33.4 Å². The van der Waals surface area contributed by atoms with Crippen LogP contribution in [0.3, 0.4) is 0 Å². The Kier molecular flexibility index (Phi) is 5.51. The number of aryl methyl sites for hydroxylation is 1. The highest BCUT2D eigenvalue weighted by Gasteiger charge is 2.33. The highest BCUT2D eigenvalue weighted by molar-refractivity contribution is 7.09. The van der Waals surface area contributed by atoms with Crippen LogP contribution in [-0.2, 0) is 9.59 Å². The molecule has 4 rings (SSSR count). The number of hydrogen-bond donors (Lipinski definition) is 2. The van der Waals surface area contributed by atoms with Gasteiger partial charge in [0.25, 0.3) is 6.47 Å². The van der Waals surface area contributed by atoms with E-state index in [4.69, 9.17) is 14.6 Å². The molecule has 1 aromatic carbocycles. The SMILES string of the molecule is COc1ccc(-n2nc(C)c3c2NC(=O)CC3c2cncs2)cc1.O=CO. The fourth-order valence-corrected chi connectivity index (χ4v) is 3.83. The van der Waals surface area contributed by atoms with E-state index in [2.05, 4.69) is 15.4 Å². The Morgan fingerprint density at radius 2 is 2.07 bits per heavy atom. The van der Waals surface area contributed by atoms with Gasteiger partial charge in [0.15, 0.2) is 0 Å². The normalized spacial score (nSPS) is 15.2. The van der Waals surface area contributed by atoms with Crippen LogP contribution < -0.4 is 10.1 Å². The summed E-state index contributed by atoms with van der Waals surface area (Å²) in [5.41, 5.74) is 4.66. The van der Waals surface area contributed by atoms with Gasteiger partial charge in [0.2, 0.25) is 5.91 Å². The molecule has 3 aromatic rings. The van der Waals surface area contributed by atoms with Gasteiger partial charge in [-0.1, -0.05) is 0 Å². The van der Waals surface area contributed by atoms with Gasteiger partial charge in [0.1, 0.15) is 11.6 Å². The molecular formula is C18H18N4O4S. The fraction of sp³-hybridized carbons (Fsp3) is 0.222. The first-order valence-corrected chi connectivity index (χ1v) is 8.97. The number of amides is 1. The predicted molar refractivity (Wildman–Crippen MR) is 101 cm³/mol. The number of rotatable bonds is 3. The molecule has 1 amide bonds. The molecule has 9 heteroatoms. The van der Waals surface area contributed by atoms with Crippen molar-refractivity contribution in [2.75, 3.05) is 12.4 Å². The van der Waals surface area contributed by atoms with Gasteiger partial charge in [-0.05, 0) is 31.2 Å². The molecule has 2 aromatic heterocycles. The van der Waals surface area contributed by atoms with Crippen LogP contribution in [-0.4, -0.2) is 39.4 Å². The van der Waals surface area contributed by atoms with Crippen LogP contribution in [0.5, 0.6) is 5.75 Å². The number of methoxy groups -OCH3 is 1. The number of nitrogens with zero attached hydrogens (tertiary/aromatic N) is 3. The number of carbonyl (C=O) groups is 2. The molecule has 2 N–H and O–H groups in total. The van der Waals surface area contributed by atoms with Gasteiger partial charge < -0.3 is 15.2 Å². The largest absolute Gasteiger partial charge is 0.497 e. The molecule has 0 saturated heterocycles. The highest BCUT2D eigenvalue weighted by Crippen LogP contribution is 2.41. The minimum Gasteiger partial charge on any atom is -0.497 e. The Balaban J connectivity index is 0.000000659. The Morgan fingerprint density at radius 1 is 1.37 bits per heavy atom. The van der Waals surface area contributed by atoms with Gasteiger partial charge in [0.05, 0.1) is 24.0 Å². The van der Waals surface area contributed by atoms with E-state index >= 15 is 0 Å². The summed E-state index contributed by atoms with van der Waals surface area (Å²) in [7, 11) is 1.63. The number of aromatic nitrogens is 3. The maximum atomic E-state index is 12.2. The van der Waals surface area contributed by atoms with E-state index in [9.17, 15) is 4.79 Å². The average molecular weight is 386 g/mol. The lowest BCUT2D eigenvalue weighted by Crippen LogP contribution is -2.24. The number of nitrogens with one attached hydrogen (secondary N) is 1. The number of hydrogen-bond acceptors (Lipinski definition) is 6. The quantitative estimate of drug-likeness (QED) is 0.671. The van der Waals surface area contributed by atoms with Crippen molar-refractivity contribution in [3.63, 3.8) is 0 Å². The predicted octanol–water partition coefficient (Wildman–Crippen LogP) is 2.82. The smallest absolute Gasteiger partial charge is 0.290 e. The van der Waals surface area contributed by atoms with Crippen LogP contribution in [0.25, 0.3) is 5.69 Å². The van der Waals surface area contributed by atoms with Gasteiger partial charge in [-0.15, -0.1) is 11.3 Å². The fourth-order valence-electron chi connectivity index (χ4n) is 3.10. The molecule has 0 aliphatic carbocycles. The number of benzene rings is 1. The lowest BCUT2D eigenvalue weighted by atomic mass is 9.91. The molecule has 1 aliphatic heterocycles. The van der Waals surface area contributed by atoms with Crippen LogP contribution >= 0.6 is 11.3 Å².